The third-order valence-corrected chi connectivity index (χ3v) is 7.62. The normalized spacial score (nSPS) is 17.2. The molecule has 1 fully saturated rings. The van der Waals surface area contributed by atoms with Crippen molar-refractivity contribution in [2.45, 2.75) is 39.3 Å². The van der Waals surface area contributed by atoms with E-state index in [-0.39, 0.29) is 46.5 Å². The van der Waals surface area contributed by atoms with Crippen molar-refractivity contribution < 1.29 is 19.0 Å². The summed E-state index contributed by atoms with van der Waals surface area (Å²) in [4.78, 5) is 25.7. The molecular weight excluding hydrogens is 521 g/mol. The molecule has 3 aromatic rings. The Morgan fingerprint density at radius 2 is 2.13 bits per heavy atom. The number of hydrogen-bond donors (Lipinski definition) is 2. The maximum atomic E-state index is 15.0. The number of rotatable bonds is 5. The minimum atomic E-state index is -0.652. The summed E-state index contributed by atoms with van der Waals surface area (Å²) in [6, 6.07) is 5.89. The molecule has 1 amide bonds. The van der Waals surface area contributed by atoms with Gasteiger partial charge in [-0.2, -0.15) is 0 Å². The maximum absolute atomic E-state index is 15.0. The van der Waals surface area contributed by atoms with Gasteiger partial charge in [-0.15, -0.1) is 0 Å². The molecule has 0 aliphatic carbocycles. The molecule has 1 atom stereocenters. The van der Waals surface area contributed by atoms with Gasteiger partial charge < -0.3 is 20.1 Å². The van der Waals surface area contributed by atoms with Crippen LogP contribution in [0.15, 0.2) is 43.1 Å². The van der Waals surface area contributed by atoms with E-state index < -0.39 is 5.82 Å². The Morgan fingerprint density at radius 1 is 1.33 bits per heavy atom. The van der Waals surface area contributed by atoms with Gasteiger partial charge in [0.25, 0.3) is 0 Å². The number of amides is 1. The average molecular weight is 552 g/mol. The predicted octanol–water partition coefficient (Wildman–Crippen LogP) is 5.41. The number of anilines is 2. The highest BCUT2D eigenvalue weighted by Crippen LogP contribution is 2.46. The SMILES string of the molecule is C=CC(=O)N1CCN2Cc3c(Nc4c(C)ccnc4C(C)C)nc(-c4c(O)cccc4F)c(Cl)c3OC[C@H]2C1. The van der Waals surface area contributed by atoms with E-state index in [0.717, 1.165) is 16.9 Å². The summed E-state index contributed by atoms with van der Waals surface area (Å²) in [5.74, 6) is -0.111. The number of aryl methyl sites for hydroxylation is 1. The highest BCUT2D eigenvalue weighted by molar-refractivity contribution is 6.35. The molecule has 2 aliphatic rings. The lowest BCUT2D eigenvalue weighted by Crippen LogP contribution is -2.55. The van der Waals surface area contributed by atoms with E-state index in [9.17, 15) is 9.90 Å². The van der Waals surface area contributed by atoms with E-state index in [0.29, 0.717) is 43.3 Å². The van der Waals surface area contributed by atoms with Crippen LogP contribution in [0.2, 0.25) is 5.02 Å². The maximum Gasteiger partial charge on any atom is 0.246 e. The van der Waals surface area contributed by atoms with Gasteiger partial charge in [-0.05, 0) is 42.7 Å². The largest absolute Gasteiger partial charge is 0.507 e. The van der Waals surface area contributed by atoms with Gasteiger partial charge in [-0.1, -0.05) is 38.1 Å². The van der Waals surface area contributed by atoms with Crippen LogP contribution in [0, 0.1) is 12.7 Å². The summed E-state index contributed by atoms with van der Waals surface area (Å²) in [5, 5.41) is 14.2. The topological polar surface area (TPSA) is 90.8 Å². The van der Waals surface area contributed by atoms with Crippen LogP contribution in [0.3, 0.4) is 0 Å². The van der Waals surface area contributed by atoms with Crippen molar-refractivity contribution in [3.05, 3.63) is 70.8 Å². The number of halogens is 2. The number of nitrogens with one attached hydrogen (secondary N) is 1. The number of nitrogens with zero attached hydrogens (tertiary/aromatic N) is 4. The van der Waals surface area contributed by atoms with Crippen molar-refractivity contribution in [2.24, 2.45) is 0 Å². The number of carbonyl (C=O) groups is 1. The fraction of sp³-hybridized carbons (Fsp3) is 0.345. The molecule has 2 N–H and O–H groups in total. The Labute approximate surface area is 232 Å². The first-order chi connectivity index (χ1) is 18.7. The summed E-state index contributed by atoms with van der Waals surface area (Å²) >= 11 is 6.86. The Hall–Kier alpha value is -3.69. The van der Waals surface area contributed by atoms with Crippen LogP contribution in [0.5, 0.6) is 11.5 Å². The lowest BCUT2D eigenvalue weighted by Gasteiger charge is -2.39. The molecule has 0 saturated carbocycles. The fourth-order valence-electron chi connectivity index (χ4n) is 5.16. The summed E-state index contributed by atoms with van der Waals surface area (Å²) in [6.45, 7) is 12.1. The number of phenols is 1. The lowest BCUT2D eigenvalue weighted by atomic mass is 10.0. The third-order valence-electron chi connectivity index (χ3n) is 7.27. The number of aromatic nitrogens is 2. The predicted molar refractivity (Wildman–Crippen MR) is 149 cm³/mol. The second-order valence-electron chi connectivity index (χ2n) is 10.2. The molecule has 0 bridgehead atoms. The van der Waals surface area contributed by atoms with Crippen LogP contribution in [-0.2, 0) is 11.3 Å². The number of carbonyl (C=O) groups excluding carboxylic acids is 1. The van der Waals surface area contributed by atoms with Crippen LogP contribution in [0.4, 0.5) is 15.9 Å². The first kappa shape index (κ1) is 26.9. The van der Waals surface area contributed by atoms with Crippen molar-refractivity contribution in [1.29, 1.82) is 0 Å². The van der Waals surface area contributed by atoms with Crippen molar-refractivity contribution >= 4 is 29.0 Å². The molecule has 0 unspecified atom stereocenters. The Bertz CT molecular complexity index is 1430. The van der Waals surface area contributed by atoms with Crippen LogP contribution < -0.4 is 10.1 Å². The fourth-order valence-corrected chi connectivity index (χ4v) is 5.46. The van der Waals surface area contributed by atoms with E-state index in [4.69, 9.17) is 21.3 Å². The minimum absolute atomic E-state index is 0.0736. The summed E-state index contributed by atoms with van der Waals surface area (Å²) in [5.41, 5.74) is 3.32. The number of benzene rings is 1. The number of aromatic hydroxyl groups is 1. The van der Waals surface area contributed by atoms with Crippen LogP contribution >= 0.6 is 11.6 Å². The molecule has 5 rings (SSSR count). The van der Waals surface area contributed by atoms with E-state index in [1.807, 2.05) is 13.0 Å². The summed E-state index contributed by atoms with van der Waals surface area (Å²) < 4.78 is 21.3. The first-order valence-electron chi connectivity index (χ1n) is 12.9. The van der Waals surface area contributed by atoms with Crippen LogP contribution in [0.1, 0.15) is 36.6 Å². The van der Waals surface area contributed by atoms with Crippen molar-refractivity contribution in [3.8, 4) is 22.8 Å². The molecule has 2 aliphatic heterocycles. The van der Waals surface area contributed by atoms with E-state index in [2.05, 4.69) is 35.6 Å². The smallest absolute Gasteiger partial charge is 0.246 e. The van der Waals surface area contributed by atoms with Crippen molar-refractivity contribution in [1.82, 2.24) is 19.8 Å². The molecule has 204 valence electrons. The molecule has 8 nitrogen and oxygen atoms in total. The molecule has 10 heteroatoms. The molecule has 2 aromatic heterocycles. The lowest BCUT2D eigenvalue weighted by molar-refractivity contribution is -0.129. The number of fused-ring (bicyclic) bond motifs is 2. The molecule has 0 spiro atoms. The van der Waals surface area contributed by atoms with Gasteiger partial charge in [0.15, 0.2) is 0 Å². The van der Waals surface area contributed by atoms with Gasteiger partial charge in [0.2, 0.25) is 5.91 Å². The molecule has 0 radical (unpaired) electrons. The minimum Gasteiger partial charge on any atom is -0.507 e. The third kappa shape index (κ3) is 5.04. The monoisotopic (exact) mass is 551 g/mol. The highest BCUT2D eigenvalue weighted by Gasteiger charge is 2.35. The quantitative estimate of drug-likeness (QED) is 0.410. The van der Waals surface area contributed by atoms with E-state index >= 15 is 4.39 Å². The second kappa shape index (κ2) is 10.8. The number of phenolic OH excluding ortho intramolecular Hbond substituents is 1. The Kier molecular flexibility index (Phi) is 7.46. The van der Waals surface area contributed by atoms with Gasteiger partial charge in [0, 0.05) is 32.4 Å². The molecule has 39 heavy (non-hydrogen) atoms. The van der Waals surface area contributed by atoms with Gasteiger partial charge in [-0.25, -0.2) is 9.37 Å². The molecule has 1 saturated heterocycles. The number of hydrogen-bond acceptors (Lipinski definition) is 7. The molecule has 1 aromatic carbocycles. The Morgan fingerprint density at radius 3 is 2.85 bits per heavy atom. The van der Waals surface area contributed by atoms with Gasteiger partial charge in [0.05, 0.1) is 28.6 Å². The van der Waals surface area contributed by atoms with E-state index in [1.165, 1.54) is 24.3 Å². The van der Waals surface area contributed by atoms with Crippen molar-refractivity contribution in [2.75, 3.05) is 31.6 Å². The first-order valence-corrected chi connectivity index (χ1v) is 13.3. The second-order valence-corrected chi connectivity index (χ2v) is 10.5. The number of piperazine rings is 1. The molecule has 4 heterocycles. The van der Waals surface area contributed by atoms with Crippen LogP contribution in [0.25, 0.3) is 11.3 Å². The zero-order chi connectivity index (χ0) is 27.8. The number of pyridine rings is 2. The average Bonchev–Trinajstić information content (AvgIpc) is 3.11. The zero-order valence-corrected chi connectivity index (χ0v) is 22.9. The summed E-state index contributed by atoms with van der Waals surface area (Å²) in [7, 11) is 0. The summed E-state index contributed by atoms with van der Waals surface area (Å²) in [6.07, 6.45) is 3.09. The Balaban J connectivity index is 1.65. The molecular formula is C29H31ClFN5O3. The van der Waals surface area contributed by atoms with Crippen LogP contribution in [-0.4, -0.2) is 63.1 Å². The van der Waals surface area contributed by atoms with Gasteiger partial charge >= 0.3 is 0 Å². The standard InChI is InChI=1S/C29H31ClFN5O3/c1-5-22(38)36-12-11-35-14-19-28(39-15-18(35)13-36)24(30)27(23-20(31)7-6-8-21(23)37)34-29(19)33-26-17(4)9-10-32-25(26)16(2)3/h5-10,16,18,37H,1,11-15H2,2-4H3,(H,33,34)/t18-/m1/s1. The van der Waals surface area contributed by atoms with Gasteiger partial charge in [0.1, 0.15) is 40.5 Å². The highest BCUT2D eigenvalue weighted by atomic mass is 35.5. The van der Waals surface area contributed by atoms with Gasteiger partial charge in [-0.3, -0.25) is 14.7 Å². The van der Waals surface area contributed by atoms with Crippen molar-refractivity contribution in [3.63, 3.8) is 0 Å². The number of ether oxygens (including phenoxy) is 1. The van der Waals surface area contributed by atoms with E-state index in [1.54, 1.807) is 11.1 Å². The zero-order valence-electron chi connectivity index (χ0n) is 22.2.